The molecule has 2 heterocycles. The average Bonchev–Trinajstić information content (AvgIpc) is 3.05. The Kier molecular flexibility index (Phi) is 3.91. The fraction of sp³-hybridized carbons (Fsp3) is 0.615. The Morgan fingerprint density at radius 2 is 2.33 bits per heavy atom. The number of thiazole rings is 1. The number of imidazole rings is 1. The zero-order valence-corrected chi connectivity index (χ0v) is 12.3. The smallest absolute Gasteiger partial charge is 0.194 e. The van der Waals surface area contributed by atoms with Crippen molar-refractivity contribution in [3.8, 4) is 0 Å². The molecule has 0 aliphatic heterocycles. The Morgan fingerprint density at radius 1 is 1.50 bits per heavy atom. The van der Waals surface area contributed by atoms with Crippen LogP contribution in [0.15, 0.2) is 16.6 Å². The quantitative estimate of drug-likeness (QED) is 0.852. The minimum Gasteiger partial charge on any atom is -0.314 e. The van der Waals surface area contributed by atoms with Crippen LogP contribution in [0.2, 0.25) is 0 Å². The van der Waals surface area contributed by atoms with Gasteiger partial charge in [-0.1, -0.05) is 12.8 Å². The van der Waals surface area contributed by atoms with Crippen molar-refractivity contribution >= 4 is 28.1 Å². The monoisotopic (exact) mass is 281 g/mol. The number of hydrogen-bond acceptors (Lipinski definition) is 4. The predicted molar refractivity (Wildman–Crippen MR) is 78.5 cm³/mol. The fourth-order valence-corrected chi connectivity index (χ4v) is 4.64. The maximum absolute atomic E-state index is 4.76. The number of nitrogens with zero attached hydrogens (tertiary/aromatic N) is 2. The van der Waals surface area contributed by atoms with Crippen molar-refractivity contribution in [1.82, 2.24) is 14.7 Å². The van der Waals surface area contributed by atoms with Crippen molar-refractivity contribution in [2.45, 2.75) is 37.3 Å². The van der Waals surface area contributed by atoms with Gasteiger partial charge in [0, 0.05) is 23.9 Å². The van der Waals surface area contributed by atoms with Crippen molar-refractivity contribution < 1.29 is 0 Å². The molecule has 18 heavy (non-hydrogen) atoms. The molecule has 0 radical (unpaired) electrons. The van der Waals surface area contributed by atoms with Crippen LogP contribution >= 0.6 is 23.1 Å². The van der Waals surface area contributed by atoms with Gasteiger partial charge in [0.25, 0.3) is 0 Å². The molecule has 0 bridgehead atoms. The lowest BCUT2D eigenvalue weighted by Crippen LogP contribution is -2.08. The van der Waals surface area contributed by atoms with Gasteiger partial charge in [0.1, 0.15) is 5.03 Å². The highest BCUT2D eigenvalue weighted by Crippen LogP contribution is 2.32. The number of thioether (sulfide) groups is 1. The van der Waals surface area contributed by atoms with Crippen LogP contribution in [0.25, 0.3) is 4.96 Å². The summed E-state index contributed by atoms with van der Waals surface area (Å²) in [6, 6.07) is 0. The van der Waals surface area contributed by atoms with E-state index in [1.165, 1.54) is 42.2 Å². The minimum atomic E-state index is 0.894. The third kappa shape index (κ3) is 2.44. The summed E-state index contributed by atoms with van der Waals surface area (Å²) in [4.78, 5) is 5.88. The third-order valence-electron chi connectivity index (χ3n) is 3.60. The molecule has 5 heteroatoms. The Labute approximate surface area is 116 Å². The van der Waals surface area contributed by atoms with E-state index in [1.54, 1.807) is 11.3 Å². The van der Waals surface area contributed by atoms with Crippen LogP contribution in [0, 0.1) is 5.92 Å². The summed E-state index contributed by atoms with van der Waals surface area (Å²) in [6.07, 6.45) is 7.80. The summed E-state index contributed by atoms with van der Waals surface area (Å²) >= 11 is 3.67. The topological polar surface area (TPSA) is 29.3 Å². The summed E-state index contributed by atoms with van der Waals surface area (Å²) in [7, 11) is 2.00. The Bertz CT molecular complexity index is 511. The molecule has 98 valence electrons. The van der Waals surface area contributed by atoms with Gasteiger partial charge < -0.3 is 5.32 Å². The van der Waals surface area contributed by atoms with E-state index in [2.05, 4.69) is 21.3 Å². The van der Waals surface area contributed by atoms with Crippen molar-refractivity contribution in [2.75, 3.05) is 12.8 Å². The number of aromatic nitrogens is 2. The summed E-state index contributed by atoms with van der Waals surface area (Å²) < 4.78 is 2.22. The molecule has 1 fully saturated rings. The Balaban J connectivity index is 1.76. The number of hydrogen-bond donors (Lipinski definition) is 1. The fourth-order valence-electron chi connectivity index (χ4n) is 2.63. The largest absolute Gasteiger partial charge is 0.314 e. The Morgan fingerprint density at radius 3 is 3.11 bits per heavy atom. The number of fused-ring (bicyclic) bond motifs is 1. The van der Waals surface area contributed by atoms with E-state index >= 15 is 0 Å². The van der Waals surface area contributed by atoms with Crippen LogP contribution in [0.1, 0.15) is 31.4 Å². The first kappa shape index (κ1) is 12.5. The summed E-state index contributed by atoms with van der Waals surface area (Å²) in [5.74, 6) is 2.15. The number of nitrogens with one attached hydrogen (secondary N) is 1. The molecule has 0 atom stereocenters. The molecule has 0 amide bonds. The van der Waals surface area contributed by atoms with E-state index < -0.39 is 0 Å². The molecule has 1 saturated carbocycles. The lowest BCUT2D eigenvalue weighted by atomic mass is 10.1. The summed E-state index contributed by atoms with van der Waals surface area (Å²) in [6.45, 7) is 0.894. The highest BCUT2D eigenvalue weighted by atomic mass is 32.2. The molecule has 2 aromatic heterocycles. The summed E-state index contributed by atoms with van der Waals surface area (Å²) in [5.41, 5.74) is 1.32. The van der Waals surface area contributed by atoms with E-state index in [0.29, 0.717) is 0 Å². The maximum atomic E-state index is 4.76. The summed E-state index contributed by atoms with van der Waals surface area (Å²) in [5, 5.41) is 6.58. The van der Waals surface area contributed by atoms with E-state index in [9.17, 15) is 0 Å². The SMILES string of the molecule is CNCc1c(SCC2CCCC2)nc2sccn12. The zero-order valence-electron chi connectivity index (χ0n) is 10.7. The first-order valence-electron chi connectivity index (χ1n) is 6.60. The number of rotatable bonds is 5. The van der Waals surface area contributed by atoms with E-state index in [0.717, 1.165) is 17.4 Å². The molecule has 1 aliphatic carbocycles. The van der Waals surface area contributed by atoms with E-state index in [4.69, 9.17) is 4.98 Å². The maximum Gasteiger partial charge on any atom is 0.194 e. The standard InChI is InChI=1S/C13H19N3S2/c1-14-8-11-12(15-13-16(11)6-7-17-13)18-9-10-4-2-3-5-10/h6-7,10,14H,2-5,8-9H2,1H3. The van der Waals surface area contributed by atoms with Crippen LogP contribution in [0.4, 0.5) is 0 Å². The lowest BCUT2D eigenvalue weighted by Gasteiger charge is -2.08. The minimum absolute atomic E-state index is 0.894. The van der Waals surface area contributed by atoms with Gasteiger partial charge in [-0.05, 0) is 25.8 Å². The molecular formula is C13H19N3S2. The Hall–Kier alpha value is -0.520. The first-order chi connectivity index (χ1) is 8.88. The van der Waals surface area contributed by atoms with Gasteiger partial charge >= 0.3 is 0 Å². The van der Waals surface area contributed by atoms with Crippen molar-refractivity contribution in [2.24, 2.45) is 5.92 Å². The van der Waals surface area contributed by atoms with E-state index in [-0.39, 0.29) is 0 Å². The molecule has 3 nitrogen and oxygen atoms in total. The zero-order chi connectivity index (χ0) is 12.4. The van der Waals surface area contributed by atoms with Crippen molar-refractivity contribution in [3.63, 3.8) is 0 Å². The second-order valence-electron chi connectivity index (χ2n) is 4.91. The molecule has 1 N–H and O–H groups in total. The van der Waals surface area contributed by atoms with Gasteiger partial charge in [-0.3, -0.25) is 4.40 Å². The van der Waals surface area contributed by atoms with Gasteiger partial charge in [-0.15, -0.1) is 23.1 Å². The second-order valence-corrected chi connectivity index (χ2v) is 6.79. The van der Waals surface area contributed by atoms with Crippen molar-refractivity contribution in [3.05, 3.63) is 17.3 Å². The molecule has 3 rings (SSSR count). The first-order valence-corrected chi connectivity index (χ1v) is 8.47. The van der Waals surface area contributed by atoms with Gasteiger partial charge in [0.05, 0.1) is 5.69 Å². The molecule has 2 aromatic rings. The van der Waals surface area contributed by atoms with Crippen LogP contribution in [-0.4, -0.2) is 22.2 Å². The van der Waals surface area contributed by atoms with Gasteiger partial charge in [-0.25, -0.2) is 4.98 Å². The van der Waals surface area contributed by atoms with Gasteiger partial charge in [-0.2, -0.15) is 0 Å². The molecule has 0 aromatic carbocycles. The van der Waals surface area contributed by atoms with Crippen LogP contribution in [-0.2, 0) is 6.54 Å². The average molecular weight is 281 g/mol. The lowest BCUT2D eigenvalue weighted by molar-refractivity contribution is 0.622. The molecule has 0 spiro atoms. The normalized spacial score (nSPS) is 16.9. The highest BCUT2D eigenvalue weighted by molar-refractivity contribution is 7.99. The molecule has 1 aliphatic rings. The van der Waals surface area contributed by atoms with Crippen molar-refractivity contribution in [1.29, 1.82) is 0 Å². The molecular weight excluding hydrogens is 262 g/mol. The third-order valence-corrected chi connectivity index (χ3v) is 5.59. The van der Waals surface area contributed by atoms with Crippen LogP contribution in [0.3, 0.4) is 0 Å². The van der Waals surface area contributed by atoms with Gasteiger partial charge in [0.2, 0.25) is 0 Å². The highest BCUT2D eigenvalue weighted by Gasteiger charge is 2.18. The predicted octanol–water partition coefficient (Wildman–Crippen LogP) is 3.40. The molecule has 0 saturated heterocycles. The van der Waals surface area contributed by atoms with Crippen LogP contribution in [0.5, 0.6) is 0 Å². The van der Waals surface area contributed by atoms with Crippen LogP contribution < -0.4 is 5.32 Å². The van der Waals surface area contributed by atoms with Gasteiger partial charge in [0.15, 0.2) is 4.96 Å². The second kappa shape index (κ2) is 5.63. The van der Waals surface area contributed by atoms with E-state index in [1.807, 2.05) is 18.8 Å². The molecule has 0 unspecified atom stereocenters.